The molecule has 1 aromatic carbocycles. The van der Waals surface area contributed by atoms with Gasteiger partial charge in [-0.25, -0.2) is 15.0 Å². The summed E-state index contributed by atoms with van der Waals surface area (Å²) < 4.78 is 1.15. The second-order valence-corrected chi connectivity index (χ2v) is 7.40. The topological polar surface area (TPSA) is 83.2 Å². The molecule has 2 aromatic heterocycles. The third kappa shape index (κ3) is 3.22. The van der Waals surface area contributed by atoms with Gasteiger partial charge in [0.1, 0.15) is 12.0 Å². The van der Waals surface area contributed by atoms with Crippen LogP contribution < -0.4 is 16.0 Å². The van der Waals surface area contributed by atoms with Gasteiger partial charge in [-0.2, -0.15) is 0 Å². The molecule has 3 aromatic rings. The van der Waals surface area contributed by atoms with Crippen LogP contribution in [0.15, 0.2) is 24.5 Å². The fourth-order valence-electron chi connectivity index (χ4n) is 2.94. The maximum absolute atomic E-state index is 6.35. The number of aromatic nitrogens is 3. The van der Waals surface area contributed by atoms with E-state index in [1.54, 1.807) is 17.7 Å². The van der Waals surface area contributed by atoms with Crippen LogP contribution in [0.1, 0.15) is 5.56 Å². The molecule has 1 fully saturated rings. The smallest absolute Gasteiger partial charge is 0.189 e. The van der Waals surface area contributed by atoms with Gasteiger partial charge in [0.05, 0.1) is 10.2 Å². The van der Waals surface area contributed by atoms with Crippen molar-refractivity contribution in [2.45, 2.75) is 6.92 Å². The fourth-order valence-corrected chi connectivity index (χ4v) is 3.91. The van der Waals surface area contributed by atoms with E-state index in [1.807, 2.05) is 6.07 Å². The van der Waals surface area contributed by atoms with Crippen LogP contribution in [0.25, 0.3) is 10.2 Å². The zero-order chi connectivity index (χ0) is 17.4. The largest absolute Gasteiger partial charge is 0.393 e. The van der Waals surface area contributed by atoms with E-state index in [1.165, 1.54) is 5.56 Å². The quantitative estimate of drug-likeness (QED) is 0.747. The molecule has 130 valence electrons. The Hall–Kier alpha value is -2.45. The summed E-state index contributed by atoms with van der Waals surface area (Å²) >= 11 is 1.60. The van der Waals surface area contributed by atoms with Crippen molar-refractivity contribution >= 4 is 44.0 Å². The van der Waals surface area contributed by atoms with Gasteiger partial charge in [0.15, 0.2) is 16.8 Å². The molecular formula is C17H21N7S. The average Bonchev–Trinajstić information content (AvgIpc) is 2.99. The van der Waals surface area contributed by atoms with Crippen molar-refractivity contribution in [3.63, 3.8) is 0 Å². The summed E-state index contributed by atoms with van der Waals surface area (Å²) in [6, 6.07) is 6.23. The van der Waals surface area contributed by atoms with Crippen molar-refractivity contribution in [3.8, 4) is 0 Å². The first-order valence-electron chi connectivity index (χ1n) is 8.28. The molecule has 0 atom stereocenters. The Morgan fingerprint density at radius 1 is 1.16 bits per heavy atom. The molecule has 25 heavy (non-hydrogen) atoms. The first kappa shape index (κ1) is 16.0. The van der Waals surface area contributed by atoms with Crippen LogP contribution in [-0.4, -0.2) is 53.1 Å². The number of fused-ring (bicyclic) bond motifs is 1. The molecule has 8 heteroatoms. The van der Waals surface area contributed by atoms with Gasteiger partial charge in [-0.3, -0.25) is 0 Å². The van der Waals surface area contributed by atoms with Crippen LogP contribution in [0.3, 0.4) is 0 Å². The first-order valence-corrected chi connectivity index (χ1v) is 9.10. The van der Waals surface area contributed by atoms with Crippen molar-refractivity contribution in [2.75, 3.05) is 49.2 Å². The number of thiazole rings is 1. The van der Waals surface area contributed by atoms with Crippen LogP contribution in [0.5, 0.6) is 0 Å². The van der Waals surface area contributed by atoms with E-state index in [4.69, 9.17) is 5.73 Å². The van der Waals surface area contributed by atoms with E-state index in [0.29, 0.717) is 11.5 Å². The van der Waals surface area contributed by atoms with E-state index >= 15 is 0 Å². The van der Waals surface area contributed by atoms with Crippen molar-refractivity contribution in [3.05, 3.63) is 30.1 Å². The summed E-state index contributed by atoms with van der Waals surface area (Å²) in [6.45, 7) is 5.92. The molecule has 0 radical (unpaired) electrons. The number of nitrogens with two attached hydrogens (primary N) is 1. The lowest BCUT2D eigenvalue weighted by molar-refractivity contribution is 0.312. The minimum Gasteiger partial charge on any atom is -0.393 e. The minimum atomic E-state index is 0.572. The van der Waals surface area contributed by atoms with Crippen molar-refractivity contribution in [2.24, 2.45) is 0 Å². The molecule has 0 amide bonds. The Morgan fingerprint density at radius 3 is 2.76 bits per heavy atom. The number of nitrogens with one attached hydrogen (secondary N) is 1. The number of anilines is 4. The predicted octanol–water partition coefficient (Wildman–Crippen LogP) is 2.47. The normalized spacial score (nSPS) is 15.7. The lowest BCUT2D eigenvalue weighted by Crippen LogP contribution is -2.45. The summed E-state index contributed by atoms with van der Waals surface area (Å²) in [4.78, 5) is 17.8. The van der Waals surface area contributed by atoms with Gasteiger partial charge in [-0.05, 0) is 31.7 Å². The van der Waals surface area contributed by atoms with Crippen LogP contribution in [0.4, 0.5) is 22.5 Å². The Kier molecular flexibility index (Phi) is 4.14. The van der Waals surface area contributed by atoms with Crippen molar-refractivity contribution in [1.29, 1.82) is 0 Å². The summed E-state index contributed by atoms with van der Waals surface area (Å²) in [5.41, 5.74) is 9.12. The van der Waals surface area contributed by atoms with E-state index < -0.39 is 0 Å². The second-order valence-electron chi connectivity index (χ2n) is 6.37. The number of aryl methyl sites for hydroxylation is 1. The zero-order valence-electron chi connectivity index (χ0n) is 14.4. The Bertz CT molecular complexity index is 899. The number of hydrogen-bond acceptors (Lipinski definition) is 8. The van der Waals surface area contributed by atoms with Gasteiger partial charge in [0.2, 0.25) is 0 Å². The molecule has 1 aliphatic heterocycles. The molecule has 0 saturated carbocycles. The highest BCUT2D eigenvalue weighted by atomic mass is 32.1. The van der Waals surface area contributed by atoms with E-state index in [-0.39, 0.29) is 0 Å². The monoisotopic (exact) mass is 355 g/mol. The molecule has 1 saturated heterocycles. The number of rotatable bonds is 3. The van der Waals surface area contributed by atoms with Crippen LogP contribution in [0, 0.1) is 6.92 Å². The van der Waals surface area contributed by atoms with Gasteiger partial charge >= 0.3 is 0 Å². The lowest BCUT2D eigenvalue weighted by Gasteiger charge is -2.33. The summed E-state index contributed by atoms with van der Waals surface area (Å²) in [5.74, 6) is 1.40. The number of benzene rings is 1. The van der Waals surface area contributed by atoms with Crippen LogP contribution in [-0.2, 0) is 0 Å². The van der Waals surface area contributed by atoms with E-state index in [2.05, 4.69) is 56.2 Å². The number of likely N-dealkylation sites (N-methyl/N-ethyl adjacent to an activating group) is 1. The molecule has 0 unspecified atom stereocenters. The molecule has 4 rings (SSSR count). The number of nitrogen functional groups attached to an aromatic ring is 1. The maximum atomic E-state index is 6.35. The number of piperazine rings is 1. The van der Waals surface area contributed by atoms with Gasteiger partial charge in [-0.15, -0.1) is 0 Å². The fraction of sp³-hybridized carbons (Fsp3) is 0.353. The Morgan fingerprint density at radius 2 is 1.96 bits per heavy atom. The Balaban J connectivity index is 1.60. The number of hydrogen-bond donors (Lipinski definition) is 2. The van der Waals surface area contributed by atoms with Gasteiger partial charge in [0.25, 0.3) is 0 Å². The molecule has 0 spiro atoms. The van der Waals surface area contributed by atoms with E-state index in [9.17, 15) is 0 Å². The molecule has 7 nitrogen and oxygen atoms in total. The average molecular weight is 355 g/mol. The highest BCUT2D eigenvalue weighted by Gasteiger charge is 2.20. The maximum Gasteiger partial charge on any atom is 0.189 e. The summed E-state index contributed by atoms with van der Waals surface area (Å²) in [6.07, 6.45) is 1.56. The molecule has 3 N–H and O–H groups in total. The minimum absolute atomic E-state index is 0.572. The van der Waals surface area contributed by atoms with Gasteiger partial charge < -0.3 is 20.9 Å². The standard InChI is InChI=1S/C17H21N7S/c1-11-3-4-12-13(9-11)25-17(21-12)22-15-14(18)16(20-10-19-15)24-7-5-23(2)6-8-24/h3-4,9-10H,5-8,18H2,1-2H3,(H,19,20,21,22). The SMILES string of the molecule is Cc1ccc2nc(Nc3ncnc(N4CCN(C)CC4)c3N)sc2c1. The number of nitrogens with zero attached hydrogens (tertiary/aromatic N) is 5. The Labute approximate surface area is 150 Å². The van der Waals surface area contributed by atoms with Crippen LogP contribution in [0.2, 0.25) is 0 Å². The lowest BCUT2D eigenvalue weighted by atomic mass is 10.2. The summed E-state index contributed by atoms with van der Waals surface area (Å²) in [7, 11) is 2.13. The third-order valence-corrected chi connectivity index (χ3v) is 5.37. The highest BCUT2D eigenvalue weighted by molar-refractivity contribution is 7.22. The van der Waals surface area contributed by atoms with Crippen molar-refractivity contribution in [1.82, 2.24) is 19.9 Å². The second kappa shape index (κ2) is 6.45. The molecule has 0 aliphatic carbocycles. The van der Waals surface area contributed by atoms with Crippen molar-refractivity contribution < 1.29 is 0 Å². The molecular weight excluding hydrogens is 334 g/mol. The zero-order valence-corrected chi connectivity index (χ0v) is 15.2. The third-order valence-electron chi connectivity index (χ3n) is 4.43. The van der Waals surface area contributed by atoms with Gasteiger partial charge in [-0.1, -0.05) is 17.4 Å². The first-order chi connectivity index (χ1) is 12.1. The van der Waals surface area contributed by atoms with E-state index in [0.717, 1.165) is 47.3 Å². The van der Waals surface area contributed by atoms with Gasteiger partial charge in [0, 0.05) is 26.2 Å². The highest BCUT2D eigenvalue weighted by Crippen LogP contribution is 2.32. The predicted molar refractivity (Wildman–Crippen MR) is 104 cm³/mol. The molecule has 3 heterocycles. The van der Waals surface area contributed by atoms with Crippen LogP contribution >= 0.6 is 11.3 Å². The summed E-state index contributed by atoms with van der Waals surface area (Å²) in [5, 5.41) is 4.05. The molecule has 1 aliphatic rings. The molecule has 0 bridgehead atoms.